The number of terminal acetylenes is 1. The van der Waals surface area contributed by atoms with Gasteiger partial charge in [-0.3, -0.25) is 4.79 Å². The normalized spacial score (nSPS) is 20.8. The van der Waals surface area contributed by atoms with E-state index < -0.39 is 42.6 Å². The highest BCUT2D eigenvalue weighted by molar-refractivity contribution is 5.87. The maximum absolute atomic E-state index is 14.8. The molecule has 0 radical (unpaired) electrons. The Bertz CT molecular complexity index is 944. The second-order valence-electron chi connectivity index (χ2n) is 9.88. The third-order valence-electron chi connectivity index (χ3n) is 7.15. The molecular formula is C25H31F3N4O2. The molecule has 3 amide bonds. The fourth-order valence-corrected chi connectivity index (χ4v) is 5.03. The van der Waals surface area contributed by atoms with Crippen LogP contribution in [-0.4, -0.2) is 72.5 Å². The Balaban J connectivity index is 1.34. The molecule has 0 bridgehead atoms. The summed E-state index contributed by atoms with van der Waals surface area (Å²) < 4.78 is 43.5. The average Bonchev–Trinajstić information content (AvgIpc) is 3.62. The Morgan fingerprint density at radius 2 is 1.88 bits per heavy atom. The van der Waals surface area contributed by atoms with Crippen molar-refractivity contribution in [3.05, 3.63) is 35.6 Å². The van der Waals surface area contributed by atoms with Gasteiger partial charge in [0.25, 0.3) is 5.92 Å². The van der Waals surface area contributed by atoms with Crippen molar-refractivity contribution in [3.8, 4) is 12.3 Å². The second-order valence-corrected chi connectivity index (χ2v) is 9.88. The standard InChI is InChI=1S/C25H31F3N4O2/c1-2-11-29-22(33)21(15-25(27,28)14-18-5-3-4-6-20(18)26)30-23(34)32-16-24(17-32)9-12-31(13-10-24)19-7-8-19/h1,3-6,19,21H,7-17H2,(H,29,33)(H,30,34)/t21-/m0/s1. The summed E-state index contributed by atoms with van der Waals surface area (Å²) in [6.07, 6.45) is 7.89. The lowest BCUT2D eigenvalue weighted by atomic mass is 9.72. The number of amides is 3. The summed E-state index contributed by atoms with van der Waals surface area (Å²) in [7, 11) is 0. The van der Waals surface area contributed by atoms with Crippen LogP contribution in [0.5, 0.6) is 0 Å². The number of urea groups is 1. The number of nitrogens with one attached hydrogen (secondary N) is 2. The lowest BCUT2D eigenvalue weighted by molar-refractivity contribution is -0.125. The molecule has 3 aliphatic rings. The molecule has 184 valence electrons. The van der Waals surface area contributed by atoms with Gasteiger partial charge in [-0.1, -0.05) is 24.1 Å². The maximum atomic E-state index is 14.8. The number of piperidine rings is 1. The first-order valence-corrected chi connectivity index (χ1v) is 11.8. The number of likely N-dealkylation sites (tertiary alicyclic amines) is 2. The van der Waals surface area contributed by atoms with Gasteiger partial charge in [0.15, 0.2) is 0 Å². The van der Waals surface area contributed by atoms with Crippen LogP contribution in [0, 0.1) is 23.6 Å². The van der Waals surface area contributed by atoms with Gasteiger partial charge in [-0.2, -0.15) is 0 Å². The van der Waals surface area contributed by atoms with Gasteiger partial charge >= 0.3 is 6.03 Å². The Labute approximate surface area is 198 Å². The Hall–Kier alpha value is -2.73. The molecule has 1 spiro atoms. The van der Waals surface area contributed by atoms with Crippen molar-refractivity contribution in [3.63, 3.8) is 0 Å². The maximum Gasteiger partial charge on any atom is 0.318 e. The van der Waals surface area contributed by atoms with Crippen LogP contribution < -0.4 is 10.6 Å². The number of alkyl halides is 2. The minimum atomic E-state index is -3.42. The van der Waals surface area contributed by atoms with Crippen LogP contribution in [0.3, 0.4) is 0 Å². The minimum Gasteiger partial charge on any atom is -0.343 e. The third kappa shape index (κ3) is 5.84. The summed E-state index contributed by atoms with van der Waals surface area (Å²) in [4.78, 5) is 29.4. The van der Waals surface area contributed by atoms with Gasteiger partial charge in [0.05, 0.1) is 6.54 Å². The van der Waals surface area contributed by atoms with E-state index >= 15 is 0 Å². The zero-order valence-corrected chi connectivity index (χ0v) is 19.2. The van der Waals surface area contributed by atoms with Crippen molar-refractivity contribution in [2.75, 3.05) is 32.7 Å². The second kappa shape index (κ2) is 9.87. The van der Waals surface area contributed by atoms with Gasteiger partial charge in [-0.25, -0.2) is 18.0 Å². The zero-order valence-electron chi connectivity index (χ0n) is 19.2. The van der Waals surface area contributed by atoms with Crippen molar-refractivity contribution in [1.29, 1.82) is 0 Å². The predicted molar refractivity (Wildman–Crippen MR) is 122 cm³/mol. The zero-order chi connectivity index (χ0) is 24.3. The predicted octanol–water partition coefficient (Wildman–Crippen LogP) is 2.78. The van der Waals surface area contributed by atoms with Crippen molar-refractivity contribution in [2.24, 2.45) is 5.41 Å². The SMILES string of the molecule is C#CCNC(=O)[C@H](CC(F)(F)Cc1ccccc1F)NC(=O)N1CC2(CCN(C3CC3)CC2)C1. The van der Waals surface area contributed by atoms with Crippen LogP contribution in [0.1, 0.15) is 37.7 Å². The first kappa shape index (κ1) is 24.4. The van der Waals surface area contributed by atoms with Gasteiger partial charge in [-0.05, 0) is 50.4 Å². The van der Waals surface area contributed by atoms with Crippen LogP contribution in [0.4, 0.5) is 18.0 Å². The third-order valence-corrected chi connectivity index (χ3v) is 7.15. The fourth-order valence-electron chi connectivity index (χ4n) is 5.03. The van der Waals surface area contributed by atoms with E-state index in [0.29, 0.717) is 13.1 Å². The van der Waals surface area contributed by atoms with Gasteiger partial charge in [0.1, 0.15) is 11.9 Å². The first-order valence-electron chi connectivity index (χ1n) is 11.8. The molecule has 1 aromatic carbocycles. The Morgan fingerprint density at radius 3 is 2.50 bits per heavy atom. The highest BCUT2D eigenvalue weighted by Gasteiger charge is 2.49. The molecule has 34 heavy (non-hydrogen) atoms. The van der Waals surface area contributed by atoms with E-state index in [0.717, 1.165) is 38.0 Å². The number of halogens is 3. The van der Waals surface area contributed by atoms with Gasteiger partial charge < -0.3 is 20.4 Å². The van der Waals surface area contributed by atoms with Crippen LogP contribution in [0.25, 0.3) is 0 Å². The molecule has 1 aliphatic carbocycles. The Kier molecular flexibility index (Phi) is 7.08. The van der Waals surface area contributed by atoms with E-state index in [2.05, 4.69) is 21.5 Å². The number of hydrogen-bond donors (Lipinski definition) is 2. The number of carbonyl (C=O) groups is 2. The molecule has 2 N–H and O–H groups in total. The van der Waals surface area contributed by atoms with Gasteiger partial charge in [0.2, 0.25) is 5.91 Å². The van der Waals surface area contributed by atoms with Crippen molar-refractivity contribution in [2.45, 2.75) is 56.5 Å². The molecule has 1 aromatic rings. The topological polar surface area (TPSA) is 64.7 Å². The average molecular weight is 477 g/mol. The van der Waals surface area contributed by atoms with Crippen LogP contribution in [-0.2, 0) is 11.2 Å². The smallest absolute Gasteiger partial charge is 0.318 e. The summed E-state index contributed by atoms with van der Waals surface area (Å²) in [5.74, 6) is -2.72. The van der Waals surface area contributed by atoms with Crippen molar-refractivity contribution in [1.82, 2.24) is 20.4 Å². The van der Waals surface area contributed by atoms with Crippen LogP contribution >= 0.6 is 0 Å². The van der Waals surface area contributed by atoms with Gasteiger partial charge in [0, 0.05) is 37.4 Å². The molecule has 1 saturated carbocycles. The number of carbonyl (C=O) groups excluding carboxylic acids is 2. The van der Waals surface area contributed by atoms with Crippen LogP contribution in [0.15, 0.2) is 24.3 Å². The molecule has 3 fully saturated rings. The molecule has 0 unspecified atom stereocenters. The molecule has 1 atom stereocenters. The molecule has 2 saturated heterocycles. The highest BCUT2D eigenvalue weighted by atomic mass is 19.3. The molecule has 4 rings (SSSR count). The summed E-state index contributed by atoms with van der Waals surface area (Å²) in [6.45, 7) is 3.02. The summed E-state index contributed by atoms with van der Waals surface area (Å²) in [5, 5.41) is 4.83. The van der Waals surface area contributed by atoms with Crippen LogP contribution in [0.2, 0.25) is 0 Å². The monoisotopic (exact) mass is 476 g/mol. The number of hydrogen-bond acceptors (Lipinski definition) is 3. The highest BCUT2D eigenvalue weighted by Crippen LogP contribution is 2.42. The molecular weight excluding hydrogens is 445 g/mol. The summed E-state index contributed by atoms with van der Waals surface area (Å²) in [5.41, 5.74) is -0.0672. The van der Waals surface area contributed by atoms with E-state index in [1.165, 1.54) is 31.0 Å². The lowest BCUT2D eigenvalue weighted by Gasteiger charge is -2.54. The molecule has 6 nitrogen and oxygen atoms in total. The van der Waals surface area contributed by atoms with Crippen molar-refractivity contribution < 1.29 is 22.8 Å². The largest absolute Gasteiger partial charge is 0.343 e. The Morgan fingerprint density at radius 1 is 1.21 bits per heavy atom. The van der Waals surface area contributed by atoms with E-state index in [-0.39, 0.29) is 17.5 Å². The molecule has 2 aliphatic heterocycles. The summed E-state index contributed by atoms with van der Waals surface area (Å²) >= 11 is 0. The molecule has 2 heterocycles. The van der Waals surface area contributed by atoms with Crippen molar-refractivity contribution >= 4 is 11.9 Å². The number of benzene rings is 1. The van der Waals surface area contributed by atoms with E-state index in [1.807, 2.05) is 0 Å². The number of rotatable bonds is 8. The summed E-state index contributed by atoms with van der Waals surface area (Å²) in [6, 6.07) is 3.98. The van der Waals surface area contributed by atoms with E-state index in [9.17, 15) is 22.8 Å². The lowest BCUT2D eigenvalue weighted by Crippen LogP contribution is -2.65. The van der Waals surface area contributed by atoms with E-state index in [1.54, 1.807) is 4.90 Å². The van der Waals surface area contributed by atoms with E-state index in [4.69, 9.17) is 6.42 Å². The first-order chi connectivity index (χ1) is 16.2. The quantitative estimate of drug-likeness (QED) is 0.568. The molecule has 9 heteroatoms. The number of nitrogens with zero attached hydrogens (tertiary/aromatic N) is 2. The fraction of sp³-hybridized carbons (Fsp3) is 0.600. The minimum absolute atomic E-state index is 0.0821. The van der Waals surface area contributed by atoms with Gasteiger partial charge in [-0.15, -0.1) is 6.42 Å². The molecule has 0 aromatic heterocycles.